The van der Waals surface area contributed by atoms with Gasteiger partial charge in [-0.2, -0.15) is 0 Å². The topological polar surface area (TPSA) is 89.9 Å². The number of amides is 2. The monoisotopic (exact) mass is 361 g/mol. The number of anilines is 1. The minimum absolute atomic E-state index is 0.0285. The van der Waals surface area contributed by atoms with E-state index in [0.29, 0.717) is 49.8 Å². The Kier molecular flexibility index (Phi) is 5.13. The van der Waals surface area contributed by atoms with E-state index in [9.17, 15) is 14.7 Å². The number of piperidine rings is 1. The van der Waals surface area contributed by atoms with Crippen molar-refractivity contribution in [2.45, 2.75) is 26.2 Å². The summed E-state index contributed by atoms with van der Waals surface area (Å²) in [5, 5.41) is 9.17. The van der Waals surface area contributed by atoms with Gasteiger partial charge in [0, 0.05) is 46.5 Å². The summed E-state index contributed by atoms with van der Waals surface area (Å²) in [6.45, 7) is 3.83. The van der Waals surface area contributed by atoms with E-state index in [0.717, 1.165) is 12.8 Å². The molecule has 1 aromatic heterocycles. The molecule has 2 amide bonds. The lowest BCUT2D eigenvalue weighted by Gasteiger charge is -2.39. The molecule has 0 aromatic carbocycles. The van der Waals surface area contributed by atoms with Crippen molar-refractivity contribution < 1.29 is 14.7 Å². The van der Waals surface area contributed by atoms with Crippen molar-refractivity contribution in [2.24, 2.45) is 5.41 Å². The fourth-order valence-corrected chi connectivity index (χ4v) is 3.96. The molecular formula is C18H27N5O3. The molecule has 26 heavy (non-hydrogen) atoms. The predicted molar refractivity (Wildman–Crippen MR) is 96.9 cm³/mol. The Morgan fingerprint density at radius 3 is 2.77 bits per heavy atom. The van der Waals surface area contributed by atoms with Crippen LogP contribution in [-0.2, 0) is 4.79 Å². The van der Waals surface area contributed by atoms with Crippen LogP contribution in [0.15, 0.2) is 6.20 Å². The van der Waals surface area contributed by atoms with Crippen molar-refractivity contribution in [2.75, 3.05) is 51.8 Å². The highest BCUT2D eigenvalue weighted by Crippen LogP contribution is 2.40. The lowest BCUT2D eigenvalue weighted by Crippen LogP contribution is -2.51. The minimum Gasteiger partial charge on any atom is -0.395 e. The van der Waals surface area contributed by atoms with E-state index in [1.807, 2.05) is 21.0 Å². The SMILES string of the molecule is Cc1nc(N(C)C)ncc1C(=O)N1CC[C@@]2(CCCN(CCO)C2=O)C1. The van der Waals surface area contributed by atoms with E-state index in [4.69, 9.17) is 0 Å². The molecule has 2 saturated heterocycles. The van der Waals surface area contributed by atoms with Gasteiger partial charge in [-0.3, -0.25) is 9.59 Å². The van der Waals surface area contributed by atoms with Gasteiger partial charge in [0.1, 0.15) is 0 Å². The smallest absolute Gasteiger partial charge is 0.257 e. The van der Waals surface area contributed by atoms with Gasteiger partial charge in [0.15, 0.2) is 0 Å². The number of aryl methyl sites for hydroxylation is 1. The molecular weight excluding hydrogens is 334 g/mol. The Balaban J connectivity index is 1.76. The summed E-state index contributed by atoms with van der Waals surface area (Å²) in [6, 6.07) is 0. The predicted octanol–water partition coefficient (Wildman–Crippen LogP) is 0.298. The molecule has 0 saturated carbocycles. The minimum atomic E-state index is -0.499. The van der Waals surface area contributed by atoms with E-state index in [-0.39, 0.29) is 18.4 Å². The Hall–Kier alpha value is -2.22. The van der Waals surface area contributed by atoms with E-state index in [1.165, 1.54) is 0 Å². The van der Waals surface area contributed by atoms with Crippen molar-refractivity contribution in [3.63, 3.8) is 0 Å². The number of nitrogens with zero attached hydrogens (tertiary/aromatic N) is 5. The van der Waals surface area contributed by atoms with Gasteiger partial charge < -0.3 is 19.8 Å². The molecule has 3 heterocycles. The zero-order valence-corrected chi connectivity index (χ0v) is 15.7. The van der Waals surface area contributed by atoms with Gasteiger partial charge in [0.25, 0.3) is 5.91 Å². The Bertz CT molecular complexity index is 706. The van der Waals surface area contributed by atoms with E-state index in [2.05, 4.69) is 9.97 Å². The number of aliphatic hydroxyl groups is 1. The first-order valence-electron chi connectivity index (χ1n) is 9.08. The third kappa shape index (κ3) is 3.25. The van der Waals surface area contributed by atoms with Crippen LogP contribution >= 0.6 is 0 Å². The number of rotatable bonds is 4. The van der Waals surface area contributed by atoms with Gasteiger partial charge >= 0.3 is 0 Å². The third-order valence-electron chi connectivity index (χ3n) is 5.43. The van der Waals surface area contributed by atoms with Crippen molar-refractivity contribution in [1.82, 2.24) is 19.8 Å². The highest BCUT2D eigenvalue weighted by molar-refractivity contribution is 5.96. The quantitative estimate of drug-likeness (QED) is 0.830. The summed E-state index contributed by atoms with van der Waals surface area (Å²) >= 11 is 0. The largest absolute Gasteiger partial charge is 0.395 e. The van der Waals surface area contributed by atoms with Crippen LogP contribution in [0.3, 0.4) is 0 Å². The van der Waals surface area contributed by atoms with Crippen molar-refractivity contribution in [1.29, 1.82) is 0 Å². The molecule has 0 aliphatic carbocycles. The molecule has 8 nitrogen and oxygen atoms in total. The highest BCUT2D eigenvalue weighted by Gasteiger charge is 2.49. The van der Waals surface area contributed by atoms with Crippen molar-refractivity contribution in [3.8, 4) is 0 Å². The summed E-state index contributed by atoms with van der Waals surface area (Å²) < 4.78 is 0. The van der Waals surface area contributed by atoms with E-state index >= 15 is 0 Å². The molecule has 1 atom stereocenters. The normalized spacial score (nSPS) is 23.0. The molecule has 142 valence electrons. The summed E-state index contributed by atoms with van der Waals surface area (Å²) in [6.07, 6.45) is 3.96. The maximum absolute atomic E-state index is 13.0. The maximum atomic E-state index is 13.0. The number of aliphatic hydroxyl groups excluding tert-OH is 1. The second-order valence-corrected chi connectivity index (χ2v) is 7.44. The molecule has 2 fully saturated rings. The van der Waals surface area contributed by atoms with Gasteiger partial charge in [-0.1, -0.05) is 0 Å². The summed E-state index contributed by atoms with van der Waals surface area (Å²) in [7, 11) is 3.71. The third-order valence-corrected chi connectivity index (χ3v) is 5.43. The lowest BCUT2D eigenvalue weighted by atomic mass is 9.78. The number of aromatic nitrogens is 2. The molecule has 2 aliphatic heterocycles. The van der Waals surface area contributed by atoms with Crippen LogP contribution in [0.1, 0.15) is 35.3 Å². The number of carbonyl (C=O) groups excluding carboxylic acids is 2. The Morgan fingerprint density at radius 2 is 2.12 bits per heavy atom. The van der Waals surface area contributed by atoms with Crippen molar-refractivity contribution >= 4 is 17.8 Å². The lowest BCUT2D eigenvalue weighted by molar-refractivity contribution is -0.146. The summed E-state index contributed by atoms with van der Waals surface area (Å²) in [4.78, 5) is 39.7. The first-order valence-corrected chi connectivity index (χ1v) is 9.08. The number of β-amino-alcohol motifs (C(OH)–C–C–N with tert-alkyl or cyclic N) is 1. The first kappa shape index (κ1) is 18.6. The second kappa shape index (κ2) is 7.19. The first-order chi connectivity index (χ1) is 12.4. The highest BCUT2D eigenvalue weighted by atomic mass is 16.3. The number of carbonyl (C=O) groups is 2. The van der Waals surface area contributed by atoms with Gasteiger partial charge in [0.05, 0.1) is 23.3 Å². The zero-order chi connectivity index (χ0) is 18.9. The van der Waals surface area contributed by atoms with Crippen LogP contribution < -0.4 is 4.90 Å². The average molecular weight is 361 g/mol. The molecule has 0 radical (unpaired) electrons. The van der Waals surface area contributed by atoms with Crippen LogP contribution in [0, 0.1) is 12.3 Å². The van der Waals surface area contributed by atoms with Crippen LogP contribution in [0.25, 0.3) is 0 Å². The fourth-order valence-electron chi connectivity index (χ4n) is 3.96. The molecule has 3 rings (SSSR count). The molecule has 8 heteroatoms. The van der Waals surface area contributed by atoms with Crippen LogP contribution in [-0.4, -0.2) is 83.6 Å². The van der Waals surface area contributed by atoms with Crippen LogP contribution in [0.5, 0.6) is 0 Å². The van der Waals surface area contributed by atoms with Gasteiger partial charge in [0.2, 0.25) is 11.9 Å². The van der Waals surface area contributed by atoms with Gasteiger partial charge in [-0.05, 0) is 26.2 Å². The Labute approximate surface area is 153 Å². The van der Waals surface area contributed by atoms with Crippen molar-refractivity contribution in [3.05, 3.63) is 17.5 Å². The van der Waals surface area contributed by atoms with Crippen LogP contribution in [0.2, 0.25) is 0 Å². The maximum Gasteiger partial charge on any atom is 0.257 e. The molecule has 0 bridgehead atoms. The van der Waals surface area contributed by atoms with Gasteiger partial charge in [-0.15, -0.1) is 0 Å². The molecule has 2 aliphatic rings. The molecule has 1 spiro atoms. The molecule has 1 N–H and O–H groups in total. The average Bonchev–Trinajstić information content (AvgIpc) is 3.04. The number of hydrogen-bond donors (Lipinski definition) is 1. The Morgan fingerprint density at radius 1 is 1.35 bits per heavy atom. The summed E-state index contributed by atoms with van der Waals surface area (Å²) in [5.74, 6) is 0.528. The summed E-state index contributed by atoms with van der Waals surface area (Å²) in [5.41, 5.74) is 0.635. The molecule has 1 aromatic rings. The van der Waals surface area contributed by atoms with Crippen LogP contribution in [0.4, 0.5) is 5.95 Å². The zero-order valence-electron chi connectivity index (χ0n) is 15.7. The fraction of sp³-hybridized carbons (Fsp3) is 0.667. The van der Waals surface area contributed by atoms with E-state index < -0.39 is 5.41 Å². The van der Waals surface area contributed by atoms with Gasteiger partial charge in [-0.25, -0.2) is 9.97 Å². The standard InChI is InChI=1S/C18H27N5O3/c1-13-14(11-19-17(20-13)21(2)3)15(25)23-8-6-18(12-23)5-4-7-22(9-10-24)16(18)26/h11,24H,4-10,12H2,1-3H3/t18-/m0/s1. The number of hydrogen-bond acceptors (Lipinski definition) is 6. The molecule has 0 unspecified atom stereocenters. The second-order valence-electron chi connectivity index (χ2n) is 7.44. The van der Waals surface area contributed by atoms with E-state index in [1.54, 1.807) is 20.9 Å². The number of likely N-dealkylation sites (tertiary alicyclic amines) is 2.